The van der Waals surface area contributed by atoms with Crippen LogP contribution in [0.5, 0.6) is 0 Å². The number of ether oxygens (including phenoxy) is 2. The van der Waals surface area contributed by atoms with Gasteiger partial charge in [-0.25, -0.2) is 0 Å². The molecule has 0 saturated carbocycles. The van der Waals surface area contributed by atoms with Gasteiger partial charge in [-0.1, -0.05) is 42.5 Å². The third-order valence-electron chi connectivity index (χ3n) is 3.36. The maximum absolute atomic E-state index is 6.01. The van der Waals surface area contributed by atoms with Crippen LogP contribution in [0.2, 0.25) is 0 Å². The van der Waals surface area contributed by atoms with Gasteiger partial charge in [0.1, 0.15) is 0 Å². The Morgan fingerprint density at radius 3 is 2.89 bits per heavy atom. The second kappa shape index (κ2) is 7.27. The molecule has 0 fully saturated rings. The SMILES string of the molecule is C=CC[C@@H]1O[C@@H](COCc2ccccc2)CC=C1C. The predicted molar refractivity (Wildman–Crippen MR) is 77.9 cm³/mol. The molecule has 0 unspecified atom stereocenters. The van der Waals surface area contributed by atoms with Gasteiger partial charge in [-0.05, 0) is 30.9 Å². The van der Waals surface area contributed by atoms with Gasteiger partial charge >= 0.3 is 0 Å². The van der Waals surface area contributed by atoms with Gasteiger partial charge in [0.2, 0.25) is 0 Å². The van der Waals surface area contributed by atoms with Crippen molar-refractivity contribution in [3.05, 3.63) is 60.2 Å². The average Bonchev–Trinajstić information content (AvgIpc) is 2.44. The van der Waals surface area contributed by atoms with E-state index >= 15 is 0 Å². The van der Waals surface area contributed by atoms with Crippen molar-refractivity contribution < 1.29 is 9.47 Å². The molecular formula is C17H22O2. The number of hydrogen-bond donors (Lipinski definition) is 0. The summed E-state index contributed by atoms with van der Waals surface area (Å²) in [6.45, 7) is 7.19. The van der Waals surface area contributed by atoms with Crippen LogP contribution in [0.1, 0.15) is 25.3 Å². The normalized spacial score (nSPS) is 22.9. The second-order valence-electron chi connectivity index (χ2n) is 4.96. The van der Waals surface area contributed by atoms with Gasteiger partial charge in [-0.3, -0.25) is 0 Å². The zero-order valence-corrected chi connectivity index (χ0v) is 11.5. The smallest absolute Gasteiger partial charge is 0.0851 e. The van der Waals surface area contributed by atoms with E-state index in [-0.39, 0.29) is 12.2 Å². The van der Waals surface area contributed by atoms with Crippen LogP contribution in [0.25, 0.3) is 0 Å². The third kappa shape index (κ3) is 4.34. The second-order valence-corrected chi connectivity index (χ2v) is 4.96. The molecule has 102 valence electrons. The summed E-state index contributed by atoms with van der Waals surface area (Å²) < 4.78 is 11.8. The van der Waals surface area contributed by atoms with E-state index in [0.29, 0.717) is 13.2 Å². The molecule has 19 heavy (non-hydrogen) atoms. The maximum Gasteiger partial charge on any atom is 0.0851 e. The lowest BCUT2D eigenvalue weighted by Crippen LogP contribution is -2.30. The van der Waals surface area contributed by atoms with E-state index in [1.54, 1.807) is 0 Å². The summed E-state index contributed by atoms with van der Waals surface area (Å²) in [5.74, 6) is 0. The Labute approximate surface area is 115 Å². The Morgan fingerprint density at radius 1 is 1.37 bits per heavy atom. The summed E-state index contributed by atoms with van der Waals surface area (Å²) in [6, 6.07) is 10.2. The molecule has 2 rings (SSSR count). The highest BCUT2D eigenvalue weighted by Gasteiger charge is 2.21. The van der Waals surface area contributed by atoms with Gasteiger partial charge in [0, 0.05) is 0 Å². The molecule has 0 saturated heterocycles. The minimum atomic E-state index is 0.164. The Kier molecular flexibility index (Phi) is 5.37. The van der Waals surface area contributed by atoms with Crippen molar-refractivity contribution >= 4 is 0 Å². The van der Waals surface area contributed by atoms with Crippen molar-refractivity contribution in [1.29, 1.82) is 0 Å². The van der Waals surface area contributed by atoms with Crippen molar-refractivity contribution in [3.8, 4) is 0 Å². The first-order valence-electron chi connectivity index (χ1n) is 6.84. The van der Waals surface area contributed by atoms with Crippen molar-refractivity contribution in [1.82, 2.24) is 0 Å². The van der Waals surface area contributed by atoms with E-state index in [9.17, 15) is 0 Å². The standard InChI is InChI=1S/C17H22O2/c1-3-7-17-14(2)10-11-16(19-17)13-18-12-15-8-5-4-6-9-15/h3-6,8-10,16-17H,1,7,11-13H2,2H3/t16-,17+/m1/s1. The van der Waals surface area contributed by atoms with E-state index in [1.807, 2.05) is 24.3 Å². The van der Waals surface area contributed by atoms with E-state index in [1.165, 1.54) is 11.1 Å². The van der Waals surface area contributed by atoms with Crippen LogP contribution < -0.4 is 0 Å². The summed E-state index contributed by atoms with van der Waals surface area (Å²) >= 11 is 0. The van der Waals surface area contributed by atoms with Gasteiger partial charge < -0.3 is 9.47 Å². The molecule has 0 bridgehead atoms. The van der Waals surface area contributed by atoms with Gasteiger partial charge in [0.25, 0.3) is 0 Å². The maximum atomic E-state index is 6.01. The monoisotopic (exact) mass is 258 g/mol. The lowest BCUT2D eigenvalue weighted by Gasteiger charge is -2.28. The molecule has 1 heterocycles. The highest BCUT2D eigenvalue weighted by atomic mass is 16.5. The highest BCUT2D eigenvalue weighted by Crippen LogP contribution is 2.22. The first-order valence-corrected chi connectivity index (χ1v) is 6.84. The highest BCUT2D eigenvalue weighted by molar-refractivity contribution is 5.13. The molecule has 0 aliphatic carbocycles. The van der Waals surface area contributed by atoms with E-state index in [2.05, 4.69) is 31.7 Å². The Balaban J connectivity index is 1.76. The molecule has 2 atom stereocenters. The zero-order chi connectivity index (χ0) is 13.5. The van der Waals surface area contributed by atoms with Crippen molar-refractivity contribution in [2.45, 2.75) is 38.6 Å². The van der Waals surface area contributed by atoms with Crippen LogP contribution in [0, 0.1) is 0 Å². The molecule has 1 aromatic carbocycles. The van der Waals surface area contributed by atoms with Gasteiger partial charge in [0.15, 0.2) is 0 Å². The third-order valence-corrected chi connectivity index (χ3v) is 3.36. The summed E-state index contributed by atoms with van der Waals surface area (Å²) in [6.07, 6.45) is 6.32. The van der Waals surface area contributed by atoms with Crippen molar-refractivity contribution in [2.24, 2.45) is 0 Å². The first-order chi connectivity index (χ1) is 9.29. The zero-order valence-electron chi connectivity index (χ0n) is 11.5. The van der Waals surface area contributed by atoms with Crippen LogP contribution in [-0.2, 0) is 16.1 Å². The Bertz CT molecular complexity index is 422. The van der Waals surface area contributed by atoms with Crippen molar-refractivity contribution in [3.63, 3.8) is 0 Å². The van der Waals surface area contributed by atoms with E-state index < -0.39 is 0 Å². The molecule has 0 aromatic heterocycles. The van der Waals surface area contributed by atoms with Crippen LogP contribution in [0.15, 0.2) is 54.6 Å². The van der Waals surface area contributed by atoms with E-state index in [4.69, 9.17) is 9.47 Å². The quantitative estimate of drug-likeness (QED) is 0.721. The number of rotatable bonds is 6. The van der Waals surface area contributed by atoms with Gasteiger partial charge in [-0.2, -0.15) is 0 Å². The summed E-state index contributed by atoms with van der Waals surface area (Å²) in [4.78, 5) is 0. The fourth-order valence-corrected chi connectivity index (χ4v) is 2.23. The Morgan fingerprint density at radius 2 is 2.16 bits per heavy atom. The summed E-state index contributed by atoms with van der Waals surface area (Å²) in [7, 11) is 0. The molecule has 0 radical (unpaired) electrons. The molecular weight excluding hydrogens is 236 g/mol. The molecule has 1 aromatic rings. The van der Waals surface area contributed by atoms with Crippen LogP contribution in [0.3, 0.4) is 0 Å². The molecule has 1 aliphatic rings. The van der Waals surface area contributed by atoms with Crippen molar-refractivity contribution in [2.75, 3.05) is 6.61 Å². The first kappa shape index (κ1) is 14.0. The fourth-order valence-electron chi connectivity index (χ4n) is 2.23. The van der Waals surface area contributed by atoms with Crippen LogP contribution in [0.4, 0.5) is 0 Å². The van der Waals surface area contributed by atoms with Crippen LogP contribution >= 0.6 is 0 Å². The molecule has 1 aliphatic heterocycles. The summed E-state index contributed by atoms with van der Waals surface area (Å²) in [5, 5.41) is 0. The number of benzene rings is 1. The molecule has 2 nitrogen and oxygen atoms in total. The average molecular weight is 258 g/mol. The van der Waals surface area contributed by atoms with Crippen LogP contribution in [-0.4, -0.2) is 18.8 Å². The minimum Gasteiger partial charge on any atom is -0.374 e. The van der Waals surface area contributed by atoms with E-state index in [0.717, 1.165) is 12.8 Å². The lowest BCUT2D eigenvalue weighted by atomic mass is 10.0. The summed E-state index contributed by atoms with van der Waals surface area (Å²) in [5.41, 5.74) is 2.51. The topological polar surface area (TPSA) is 18.5 Å². The Hall–Kier alpha value is -1.38. The predicted octanol–water partition coefficient (Wildman–Crippen LogP) is 3.88. The fraction of sp³-hybridized carbons (Fsp3) is 0.412. The molecule has 0 spiro atoms. The minimum absolute atomic E-state index is 0.164. The van der Waals surface area contributed by atoms with Gasteiger partial charge in [0.05, 0.1) is 25.4 Å². The molecule has 0 N–H and O–H groups in total. The molecule has 2 heteroatoms. The van der Waals surface area contributed by atoms with Gasteiger partial charge in [-0.15, -0.1) is 6.58 Å². The lowest BCUT2D eigenvalue weighted by molar-refractivity contribution is -0.0526. The molecule has 0 amide bonds. The number of hydrogen-bond acceptors (Lipinski definition) is 2. The largest absolute Gasteiger partial charge is 0.374 e.